The van der Waals surface area contributed by atoms with Gasteiger partial charge in [0.05, 0.1) is 6.10 Å². The van der Waals surface area contributed by atoms with E-state index >= 15 is 0 Å². The van der Waals surface area contributed by atoms with Crippen LogP contribution in [-0.2, 0) is 11.2 Å². The lowest BCUT2D eigenvalue weighted by Crippen LogP contribution is -2.05. The number of aryl methyl sites for hydroxylation is 1. The van der Waals surface area contributed by atoms with Crippen LogP contribution in [0, 0.1) is 0 Å². The first-order valence-corrected chi connectivity index (χ1v) is 8.60. The molecule has 2 rings (SSSR count). The third-order valence-electron chi connectivity index (χ3n) is 2.96. The van der Waals surface area contributed by atoms with Crippen molar-refractivity contribution in [3.8, 4) is 5.75 Å². The molecule has 0 bridgehead atoms. The molecule has 1 aromatic heterocycles. The number of aliphatic carboxylic acids is 1. The van der Waals surface area contributed by atoms with E-state index in [1.54, 1.807) is 6.08 Å². The van der Waals surface area contributed by atoms with E-state index in [4.69, 9.17) is 4.74 Å². The maximum atomic E-state index is 11.5. The van der Waals surface area contributed by atoms with Gasteiger partial charge in [0, 0.05) is 6.42 Å². The Labute approximate surface area is 145 Å². The molecule has 0 atom stereocenters. The predicted octanol–water partition coefficient (Wildman–Crippen LogP) is 3.76. The van der Waals surface area contributed by atoms with Crippen LogP contribution in [0.15, 0.2) is 34.3 Å². The van der Waals surface area contributed by atoms with Gasteiger partial charge in [-0.2, -0.15) is 0 Å². The lowest BCUT2D eigenvalue weighted by molar-refractivity contribution is -0.131. The topological polar surface area (TPSA) is 88.1 Å². The Kier molecular flexibility index (Phi) is 6.43. The molecule has 7 heteroatoms. The summed E-state index contributed by atoms with van der Waals surface area (Å²) < 4.78 is 5.58. The van der Waals surface area contributed by atoms with Gasteiger partial charge in [0.25, 0.3) is 0 Å². The number of carboxylic acids is 1. The number of ether oxygens (including phenoxy) is 1. The Morgan fingerprint density at radius 2 is 2.08 bits per heavy atom. The molecule has 0 radical (unpaired) electrons. The summed E-state index contributed by atoms with van der Waals surface area (Å²) in [6.07, 6.45) is 3.43. The SMILES string of the molecule is CCCc1nc(S/C(=C\c2ccc(OC(C)C)cc2)C(=O)O)n[nH]1. The van der Waals surface area contributed by atoms with Crippen LogP contribution < -0.4 is 4.74 Å². The van der Waals surface area contributed by atoms with Gasteiger partial charge in [0.1, 0.15) is 16.5 Å². The Morgan fingerprint density at radius 3 is 2.67 bits per heavy atom. The first-order chi connectivity index (χ1) is 11.5. The minimum atomic E-state index is -1.01. The highest BCUT2D eigenvalue weighted by Crippen LogP contribution is 2.26. The maximum Gasteiger partial charge on any atom is 0.342 e. The molecular formula is C17H21N3O3S. The summed E-state index contributed by atoms with van der Waals surface area (Å²) in [4.78, 5) is 15.9. The Hall–Kier alpha value is -2.28. The fraction of sp³-hybridized carbons (Fsp3) is 0.353. The van der Waals surface area contributed by atoms with E-state index in [1.165, 1.54) is 0 Å². The second-order valence-electron chi connectivity index (χ2n) is 5.47. The van der Waals surface area contributed by atoms with Gasteiger partial charge in [-0.25, -0.2) is 9.78 Å². The smallest absolute Gasteiger partial charge is 0.342 e. The molecule has 0 aliphatic heterocycles. The quantitative estimate of drug-likeness (QED) is 0.558. The van der Waals surface area contributed by atoms with Gasteiger partial charge < -0.3 is 9.84 Å². The van der Waals surface area contributed by atoms with Gasteiger partial charge in [-0.05, 0) is 55.8 Å². The third-order valence-corrected chi connectivity index (χ3v) is 3.84. The van der Waals surface area contributed by atoms with Crippen LogP contribution in [0.3, 0.4) is 0 Å². The van der Waals surface area contributed by atoms with E-state index in [0.29, 0.717) is 5.16 Å². The molecule has 0 aliphatic rings. The number of rotatable bonds is 8. The molecule has 128 valence electrons. The second kappa shape index (κ2) is 8.54. The molecule has 1 heterocycles. The van der Waals surface area contributed by atoms with Crippen molar-refractivity contribution in [2.24, 2.45) is 0 Å². The molecule has 24 heavy (non-hydrogen) atoms. The molecular weight excluding hydrogens is 326 g/mol. The van der Waals surface area contributed by atoms with Crippen molar-refractivity contribution in [1.82, 2.24) is 15.2 Å². The largest absolute Gasteiger partial charge is 0.491 e. The van der Waals surface area contributed by atoms with Crippen molar-refractivity contribution in [1.29, 1.82) is 0 Å². The van der Waals surface area contributed by atoms with Crippen LogP contribution >= 0.6 is 11.8 Å². The Bertz CT molecular complexity index is 708. The van der Waals surface area contributed by atoms with Crippen LogP contribution in [-0.4, -0.2) is 32.4 Å². The number of aromatic nitrogens is 3. The molecule has 2 aromatic rings. The lowest BCUT2D eigenvalue weighted by atomic mass is 10.2. The highest BCUT2D eigenvalue weighted by molar-refractivity contribution is 8.04. The molecule has 0 saturated carbocycles. The zero-order valence-corrected chi connectivity index (χ0v) is 14.8. The van der Waals surface area contributed by atoms with Crippen LogP contribution in [0.4, 0.5) is 0 Å². The molecule has 0 fully saturated rings. The molecule has 2 N–H and O–H groups in total. The monoisotopic (exact) mass is 347 g/mol. The van der Waals surface area contributed by atoms with E-state index in [-0.39, 0.29) is 11.0 Å². The second-order valence-corrected chi connectivity index (χ2v) is 6.48. The van der Waals surface area contributed by atoms with Crippen molar-refractivity contribution in [2.45, 2.75) is 44.9 Å². The molecule has 0 saturated heterocycles. The normalized spacial score (nSPS) is 11.8. The fourth-order valence-corrected chi connectivity index (χ4v) is 2.70. The van der Waals surface area contributed by atoms with Gasteiger partial charge in [0.15, 0.2) is 0 Å². The molecule has 0 amide bonds. The zero-order valence-electron chi connectivity index (χ0n) is 13.9. The third kappa shape index (κ3) is 5.42. The van der Waals surface area contributed by atoms with Gasteiger partial charge in [-0.15, -0.1) is 5.10 Å². The van der Waals surface area contributed by atoms with E-state index in [2.05, 4.69) is 15.2 Å². The molecule has 0 unspecified atom stereocenters. The van der Waals surface area contributed by atoms with Gasteiger partial charge in [-0.3, -0.25) is 5.10 Å². The summed E-state index contributed by atoms with van der Waals surface area (Å²) in [6.45, 7) is 5.96. The number of H-pyrrole nitrogens is 1. The fourth-order valence-electron chi connectivity index (χ4n) is 1.97. The summed E-state index contributed by atoms with van der Waals surface area (Å²) in [6, 6.07) is 7.29. The number of hydrogen-bond donors (Lipinski definition) is 2. The number of carboxylic acid groups (broad SMARTS) is 1. The zero-order chi connectivity index (χ0) is 17.5. The number of nitrogens with zero attached hydrogens (tertiary/aromatic N) is 2. The number of hydrogen-bond acceptors (Lipinski definition) is 5. The van der Waals surface area contributed by atoms with Gasteiger partial charge in [0.2, 0.25) is 5.16 Å². The number of aromatic amines is 1. The molecule has 1 aromatic carbocycles. The first-order valence-electron chi connectivity index (χ1n) is 7.78. The maximum absolute atomic E-state index is 11.5. The lowest BCUT2D eigenvalue weighted by Gasteiger charge is -2.09. The molecule has 0 spiro atoms. The van der Waals surface area contributed by atoms with Gasteiger partial charge >= 0.3 is 5.97 Å². The first kappa shape index (κ1) is 18.1. The minimum Gasteiger partial charge on any atom is -0.491 e. The van der Waals surface area contributed by atoms with E-state index in [1.807, 2.05) is 45.0 Å². The van der Waals surface area contributed by atoms with Crippen molar-refractivity contribution in [2.75, 3.05) is 0 Å². The summed E-state index contributed by atoms with van der Waals surface area (Å²) in [7, 11) is 0. The van der Waals surface area contributed by atoms with Gasteiger partial charge in [-0.1, -0.05) is 19.1 Å². The molecule has 0 aliphatic carbocycles. The summed E-state index contributed by atoms with van der Waals surface area (Å²) in [5.74, 6) is 0.508. The number of thioether (sulfide) groups is 1. The summed E-state index contributed by atoms with van der Waals surface area (Å²) in [5, 5.41) is 16.7. The van der Waals surface area contributed by atoms with E-state index < -0.39 is 5.97 Å². The highest BCUT2D eigenvalue weighted by Gasteiger charge is 2.13. The predicted molar refractivity (Wildman–Crippen MR) is 94.1 cm³/mol. The summed E-state index contributed by atoms with van der Waals surface area (Å²) in [5.41, 5.74) is 0.778. The van der Waals surface area contributed by atoms with Crippen molar-refractivity contribution in [3.05, 3.63) is 40.6 Å². The van der Waals surface area contributed by atoms with E-state index in [0.717, 1.165) is 41.7 Å². The highest BCUT2D eigenvalue weighted by atomic mass is 32.2. The Balaban J connectivity index is 2.13. The average Bonchev–Trinajstić information content (AvgIpc) is 2.95. The van der Waals surface area contributed by atoms with Crippen LogP contribution in [0.5, 0.6) is 5.75 Å². The molecule has 6 nitrogen and oxygen atoms in total. The number of nitrogens with one attached hydrogen (secondary N) is 1. The van der Waals surface area contributed by atoms with Crippen molar-refractivity contribution < 1.29 is 14.6 Å². The standard InChI is InChI=1S/C17H21N3O3S/c1-4-5-15-18-17(20-19-15)24-14(16(21)22)10-12-6-8-13(9-7-12)23-11(2)3/h6-11H,4-5H2,1-3H3,(H,21,22)(H,18,19,20)/b14-10-. The van der Waals surface area contributed by atoms with E-state index in [9.17, 15) is 9.90 Å². The van der Waals surface area contributed by atoms with Crippen LogP contribution in [0.1, 0.15) is 38.6 Å². The minimum absolute atomic E-state index is 0.0968. The van der Waals surface area contributed by atoms with Crippen LogP contribution in [0.2, 0.25) is 0 Å². The summed E-state index contributed by atoms with van der Waals surface area (Å²) >= 11 is 1.03. The Morgan fingerprint density at radius 1 is 1.38 bits per heavy atom. The van der Waals surface area contributed by atoms with Crippen molar-refractivity contribution >= 4 is 23.8 Å². The van der Waals surface area contributed by atoms with Crippen LogP contribution in [0.25, 0.3) is 6.08 Å². The number of benzene rings is 1. The average molecular weight is 347 g/mol. The number of carbonyl (C=O) groups is 1. The van der Waals surface area contributed by atoms with Crippen molar-refractivity contribution in [3.63, 3.8) is 0 Å².